The number of carbonyl (C=O) groups excluding carboxylic acids is 2. The van der Waals surface area contributed by atoms with Crippen molar-refractivity contribution in [3.8, 4) is 11.1 Å². The monoisotopic (exact) mass is 808 g/mol. The number of imide groups is 1. The van der Waals surface area contributed by atoms with Crippen molar-refractivity contribution in [3.05, 3.63) is 77.6 Å². The summed E-state index contributed by atoms with van der Waals surface area (Å²) >= 11 is 0. The molecule has 318 valence electrons. The number of aromatic nitrogens is 3. The fourth-order valence-electron chi connectivity index (χ4n) is 8.81. The Morgan fingerprint density at radius 2 is 1.54 bits per heavy atom. The fourth-order valence-corrected chi connectivity index (χ4v) is 8.81. The first-order valence-electron chi connectivity index (χ1n) is 22.3. The van der Waals surface area contributed by atoms with E-state index in [4.69, 9.17) is 19.4 Å². The molecule has 3 N–H and O–H groups in total. The summed E-state index contributed by atoms with van der Waals surface area (Å²) in [5.41, 5.74) is 6.84. The molecule has 59 heavy (non-hydrogen) atoms. The maximum absolute atomic E-state index is 12.1. The summed E-state index contributed by atoms with van der Waals surface area (Å²) in [6, 6.07) is 17.5. The zero-order valence-electron chi connectivity index (χ0n) is 35.2. The van der Waals surface area contributed by atoms with Crippen LogP contribution in [0.2, 0.25) is 0 Å². The second-order valence-corrected chi connectivity index (χ2v) is 16.8. The molecule has 1 atom stereocenters. The predicted molar refractivity (Wildman–Crippen MR) is 232 cm³/mol. The highest BCUT2D eigenvalue weighted by molar-refractivity contribution is 6.01. The van der Waals surface area contributed by atoms with E-state index in [1.807, 2.05) is 18.3 Å². The lowest BCUT2D eigenvalue weighted by molar-refractivity contribution is -0.134. The van der Waals surface area contributed by atoms with Gasteiger partial charge in [-0.05, 0) is 73.1 Å². The number of nitrogens with one attached hydrogen (secondary N) is 2. The van der Waals surface area contributed by atoms with Gasteiger partial charge in [-0.15, -0.1) is 0 Å². The van der Waals surface area contributed by atoms with Crippen molar-refractivity contribution in [1.29, 1.82) is 0 Å². The number of piperazine rings is 1. The highest BCUT2D eigenvalue weighted by atomic mass is 16.5. The fraction of sp³-hybridized carbons (Fsp3) is 0.574. The van der Waals surface area contributed by atoms with E-state index in [0.717, 1.165) is 114 Å². The van der Waals surface area contributed by atoms with E-state index in [-0.39, 0.29) is 23.8 Å². The molecular formula is C47H65N7O5. The van der Waals surface area contributed by atoms with E-state index in [9.17, 15) is 14.7 Å². The molecule has 7 rings (SSSR count). The van der Waals surface area contributed by atoms with Crippen LogP contribution in [0.25, 0.3) is 22.2 Å². The molecule has 4 aromatic rings. The number of carbonyl (C=O) groups is 2. The average molecular weight is 808 g/mol. The largest absolute Gasteiger partial charge is 0.393 e. The third-order valence-electron chi connectivity index (χ3n) is 12.8. The van der Waals surface area contributed by atoms with Gasteiger partial charge >= 0.3 is 0 Å². The summed E-state index contributed by atoms with van der Waals surface area (Å²) in [5.74, 6) is 0.688. The highest BCUT2D eigenvalue weighted by Crippen LogP contribution is 2.37. The topological polar surface area (TPSA) is 134 Å². The van der Waals surface area contributed by atoms with E-state index in [0.29, 0.717) is 57.2 Å². The van der Waals surface area contributed by atoms with Gasteiger partial charge in [0, 0.05) is 88.2 Å². The number of hydrogen-bond donors (Lipinski definition) is 3. The molecule has 0 bridgehead atoms. The van der Waals surface area contributed by atoms with Crippen molar-refractivity contribution in [3.63, 3.8) is 0 Å². The Morgan fingerprint density at radius 3 is 2.25 bits per heavy atom. The van der Waals surface area contributed by atoms with Gasteiger partial charge in [0.15, 0.2) is 0 Å². The maximum atomic E-state index is 12.1. The van der Waals surface area contributed by atoms with Crippen LogP contribution in [0, 0.1) is 5.92 Å². The van der Waals surface area contributed by atoms with E-state index >= 15 is 0 Å². The Labute approximate surface area is 350 Å². The standard InChI is InChI=1S/C47H65N7O5/c1-3-34(4-2)30-48-47-49-31-42-43(33-54(45(42)51-47)39-15-17-40(55)18-16-39)38-13-9-36(10-14-38)32-53-23-21-52(22-24-53)25-27-59-29-28-58-26-5-6-35-7-11-37(12-8-35)41-19-20-44(56)50-46(41)57/h7-14,31,33-34,39-41,55H,3-6,15-30,32H2,1-2H3,(H,48,49,51)(H,50,56,57). The van der Waals surface area contributed by atoms with Crippen LogP contribution in [-0.4, -0.2) is 113 Å². The predicted octanol–water partition coefficient (Wildman–Crippen LogP) is 6.73. The van der Waals surface area contributed by atoms with Gasteiger partial charge in [0.1, 0.15) is 5.65 Å². The van der Waals surface area contributed by atoms with Gasteiger partial charge in [0.2, 0.25) is 17.8 Å². The summed E-state index contributed by atoms with van der Waals surface area (Å²) in [5, 5.41) is 17.2. The number of aliphatic hydroxyl groups is 1. The van der Waals surface area contributed by atoms with E-state index in [1.54, 1.807) is 0 Å². The van der Waals surface area contributed by atoms with Crippen LogP contribution in [0.15, 0.2) is 60.9 Å². The number of aliphatic hydroxyl groups excluding tert-OH is 1. The second-order valence-electron chi connectivity index (χ2n) is 16.8. The van der Waals surface area contributed by atoms with Gasteiger partial charge in [-0.1, -0.05) is 75.2 Å². The molecular weight excluding hydrogens is 743 g/mol. The van der Waals surface area contributed by atoms with Gasteiger partial charge in [-0.3, -0.25) is 24.7 Å². The molecule has 2 saturated heterocycles. The van der Waals surface area contributed by atoms with Crippen LogP contribution < -0.4 is 10.6 Å². The highest BCUT2D eigenvalue weighted by Gasteiger charge is 2.28. The molecule has 4 heterocycles. The molecule has 1 unspecified atom stereocenters. The van der Waals surface area contributed by atoms with Gasteiger partial charge < -0.3 is 24.5 Å². The summed E-state index contributed by atoms with van der Waals surface area (Å²) in [6.07, 6.45) is 12.7. The molecule has 12 nitrogen and oxygen atoms in total. The van der Waals surface area contributed by atoms with Gasteiger partial charge in [0.05, 0.1) is 31.8 Å². The van der Waals surface area contributed by atoms with Crippen molar-refractivity contribution in [2.24, 2.45) is 5.92 Å². The van der Waals surface area contributed by atoms with E-state index in [2.05, 4.69) is 81.4 Å². The second kappa shape index (κ2) is 21.4. The lowest BCUT2D eigenvalue weighted by atomic mass is 9.90. The maximum Gasteiger partial charge on any atom is 0.234 e. The Morgan fingerprint density at radius 1 is 0.847 bits per heavy atom. The third-order valence-corrected chi connectivity index (χ3v) is 12.8. The molecule has 12 heteroatoms. The molecule has 2 aromatic carbocycles. The lowest BCUT2D eigenvalue weighted by Crippen LogP contribution is -2.46. The number of amides is 2. The quantitative estimate of drug-likeness (QED) is 0.0653. The summed E-state index contributed by atoms with van der Waals surface area (Å²) in [6.45, 7) is 14.0. The number of aryl methyl sites for hydroxylation is 1. The first-order valence-corrected chi connectivity index (χ1v) is 22.3. The molecule has 1 saturated carbocycles. The molecule has 0 spiro atoms. The number of benzene rings is 2. The number of hydrogen-bond acceptors (Lipinski definition) is 10. The number of nitrogens with zero attached hydrogens (tertiary/aromatic N) is 5. The van der Waals surface area contributed by atoms with Crippen LogP contribution in [0.5, 0.6) is 0 Å². The first kappa shape index (κ1) is 42.9. The van der Waals surface area contributed by atoms with E-state index < -0.39 is 0 Å². The normalized spacial score (nSPS) is 20.7. The Bertz CT molecular complexity index is 1930. The van der Waals surface area contributed by atoms with E-state index in [1.165, 1.54) is 22.3 Å². The zero-order chi connectivity index (χ0) is 41.0. The summed E-state index contributed by atoms with van der Waals surface area (Å²) in [7, 11) is 0. The SMILES string of the molecule is CCC(CC)CNc1ncc2c(-c3ccc(CN4CCN(CCOCCOCCCc5ccc(C6CCC(=O)NC6=O)cc5)CC4)cc3)cn(C3CCC(O)CC3)c2n1. The smallest absolute Gasteiger partial charge is 0.234 e. The van der Waals surface area contributed by atoms with Crippen LogP contribution in [0.1, 0.15) is 100 Å². The van der Waals surface area contributed by atoms with Gasteiger partial charge in [-0.2, -0.15) is 4.98 Å². The van der Waals surface area contributed by atoms with Crippen molar-refractivity contribution in [2.75, 3.05) is 71.0 Å². The van der Waals surface area contributed by atoms with Crippen molar-refractivity contribution < 1.29 is 24.2 Å². The number of fused-ring (bicyclic) bond motifs is 1. The lowest BCUT2D eigenvalue weighted by Gasteiger charge is -2.34. The van der Waals surface area contributed by atoms with Crippen LogP contribution in [0.4, 0.5) is 5.95 Å². The number of rotatable bonds is 20. The molecule has 3 aliphatic rings. The van der Waals surface area contributed by atoms with Crippen LogP contribution >= 0.6 is 0 Å². The number of ether oxygens (including phenoxy) is 2. The Hall–Kier alpha value is -4.20. The minimum absolute atomic E-state index is 0.181. The van der Waals surface area contributed by atoms with Gasteiger partial charge in [-0.25, -0.2) is 4.98 Å². The van der Waals surface area contributed by atoms with Crippen LogP contribution in [-0.2, 0) is 32.0 Å². The van der Waals surface area contributed by atoms with Crippen molar-refractivity contribution >= 4 is 28.8 Å². The number of anilines is 1. The summed E-state index contributed by atoms with van der Waals surface area (Å²) in [4.78, 5) is 38.4. The minimum atomic E-state index is -0.236. The molecule has 3 fully saturated rings. The third kappa shape index (κ3) is 11.8. The van der Waals surface area contributed by atoms with Crippen LogP contribution in [0.3, 0.4) is 0 Å². The van der Waals surface area contributed by atoms with Gasteiger partial charge in [0.25, 0.3) is 0 Å². The molecule has 2 amide bonds. The zero-order valence-corrected chi connectivity index (χ0v) is 35.2. The summed E-state index contributed by atoms with van der Waals surface area (Å²) < 4.78 is 14.1. The molecule has 0 radical (unpaired) electrons. The van der Waals surface area contributed by atoms with Crippen molar-refractivity contribution in [2.45, 2.75) is 103 Å². The Balaban J connectivity index is 0.799. The number of piperidine rings is 1. The molecule has 1 aliphatic carbocycles. The first-order chi connectivity index (χ1) is 28.9. The van der Waals surface area contributed by atoms with Crippen molar-refractivity contribution in [1.82, 2.24) is 29.7 Å². The Kier molecular flexibility index (Phi) is 15.5. The molecule has 2 aromatic heterocycles. The minimum Gasteiger partial charge on any atom is -0.393 e. The molecule has 2 aliphatic heterocycles. The average Bonchev–Trinajstić information content (AvgIpc) is 3.63.